The van der Waals surface area contributed by atoms with Gasteiger partial charge in [-0.25, -0.2) is 12.8 Å². The van der Waals surface area contributed by atoms with Crippen molar-refractivity contribution in [2.24, 2.45) is 0 Å². The van der Waals surface area contributed by atoms with Gasteiger partial charge in [0.2, 0.25) is 0 Å². The minimum Gasteiger partial charge on any atom is -0.322 e. The summed E-state index contributed by atoms with van der Waals surface area (Å²) in [6.07, 6.45) is 0. The van der Waals surface area contributed by atoms with Crippen molar-refractivity contribution in [3.63, 3.8) is 0 Å². The summed E-state index contributed by atoms with van der Waals surface area (Å²) in [5.74, 6) is -1.03. The highest BCUT2D eigenvalue weighted by Crippen LogP contribution is 2.24. The van der Waals surface area contributed by atoms with Crippen LogP contribution >= 0.6 is 23.2 Å². The summed E-state index contributed by atoms with van der Waals surface area (Å²) in [6, 6.07) is 15.7. The van der Waals surface area contributed by atoms with Crippen LogP contribution in [0.3, 0.4) is 0 Å². The molecule has 5 nitrogen and oxygen atoms in total. The van der Waals surface area contributed by atoms with Gasteiger partial charge in [-0.05, 0) is 66.7 Å². The summed E-state index contributed by atoms with van der Waals surface area (Å²) in [6.45, 7) is 0. The Morgan fingerprint density at radius 1 is 0.966 bits per heavy atom. The van der Waals surface area contributed by atoms with Crippen LogP contribution in [0.4, 0.5) is 15.8 Å². The van der Waals surface area contributed by atoms with Crippen LogP contribution in [0, 0.1) is 5.82 Å². The second-order valence-corrected chi connectivity index (χ2v) is 8.87. The number of carbonyl (C=O) groups is 1. The normalized spacial score (nSPS) is 11.2. The zero-order valence-electron chi connectivity index (χ0n) is 15.1. The van der Waals surface area contributed by atoms with E-state index in [0.29, 0.717) is 22.0 Å². The van der Waals surface area contributed by atoms with Crippen LogP contribution in [0.15, 0.2) is 71.6 Å². The molecular weight excluding hydrogens is 438 g/mol. The number of carbonyl (C=O) groups excluding carboxylic acids is 1. The van der Waals surface area contributed by atoms with Gasteiger partial charge in [0.05, 0.1) is 15.6 Å². The van der Waals surface area contributed by atoms with Crippen LogP contribution in [0.5, 0.6) is 0 Å². The van der Waals surface area contributed by atoms with E-state index in [2.05, 4.69) is 5.32 Å². The molecule has 0 radical (unpaired) electrons. The first kappa shape index (κ1) is 21.1. The first-order valence-electron chi connectivity index (χ1n) is 8.29. The Labute approximate surface area is 177 Å². The average molecular weight is 453 g/mol. The molecule has 1 amide bonds. The van der Waals surface area contributed by atoms with Crippen LogP contribution in [-0.2, 0) is 10.0 Å². The third-order valence-electron chi connectivity index (χ3n) is 4.14. The molecule has 0 aromatic heterocycles. The molecule has 0 aliphatic rings. The number of nitrogens with zero attached hydrogens (tertiary/aromatic N) is 1. The molecule has 0 aliphatic heterocycles. The van der Waals surface area contributed by atoms with Crippen molar-refractivity contribution in [1.82, 2.24) is 0 Å². The molecule has 3 aromatic carbocycles. The molecule has 0 fully saturated rings. The SMILES string of the molecule is CN(c1ccc(C(=O)Nc2ccc(F)c(Cl)c2)cc1)S(=O)(=O)c1ccc(Cl)cc1. The number of hydrogen-bond donors (Lipinski definition) is 1. The van der Waals surface area contributed by atoms with Crippen molar-refractivity contribution in [1.29, 1.82) is 0 Å². The van der Waals surface area contributed by atoms with Gasteiger partial charge in [0.15, 0.2) is 0 Å². The van der Waals surface area contributed by atoms with Gasteiger partial charge in [-0.3, -0.25) is 9.10 Å². The lowest BCUT2D eigenvalue weighted by Gasteiger charge is -2.20. The monoisotopic (exact) mass is 452 g/mol. The largest absolute Gasteiger partial charge is 0.322 e. The summed E-state index contributed by atoms with van der Waals surface area (Å²) in [5.41, 5.74) is 1.01. The van der Waals surface area contributed by atoms with Gasteiger partial charge in [0, 0.05) is 23.3 Å². The summed E-state index contributed by atoms with van der Waals surface area (Å²) in [4.78, 5) is 12.4. The average Bonchev–Trinajstić information content (AvgIpc) is 2.70. The fourth-order valence-electron chi connectivity index (χ4n) is 2.50. The van der Waals surface area contributed by atoms with Gasteiger partial charge in [0.1, 0.15) is 5.82 Å². The van der Waals surface area contributed by atoms with Crippen molar-refractivity contribution in [3.05, 3.63) is 88.2 Å². The molecule has 29 heavy (non-hydrogen) atoms. The first-order chi connectivity index (χ1) is 13.7. The molecule has 150 valence electrons. The standard InChI is InChI=1S/C20H15Cl2FN2O3S/c1-25(29(27,28)17-9-4-14(21)5-10-17)16-7-2-13(3-8-16)20(26)24-15-6-11-19(23)18(22)12-15/h2-12H,1H3,(H,24,26). The molecule has 0 spiro atoms. The van der Waals surface area contributed by atoms with Crippen molar-refractivity contribution in [3.8, 4) is 0 Å². The van der Waals surface area contributed by atoms with E-state index in [4.69, 9.17) is 23.2 Å². The van der Waals surface area contributed by atoms with Crippen LogP contribution in [-0.4, -0.2) is 21.4 Å². The van der Waals surface area contributed by atoms with Crippen LogP contribution in [0.25, 0.3) is 0 Å². The number of benzene rings is 3. The minimum absolute atomic E-state index is 0.0967. The maximum absolute atomic E-state index is 13.2. The number of rotatable bonds is 5. The number of halogens is 3. The Bertz CT molecular complexity index is 1150. The smallest absolute Gasteiger partial charge is 0.264 e. The highest BCUT2D eigenvalue weighted by molar-refractivity contribution is 7.92. The molecule has 0 heterocycles. The van der Waals surface area contributed by atoms with Crippen molar-refractivity contribution in [2.45, 2.75) is 4.90 Å². The van der Waals surface area contributed by atoms with Gasteiger partial charge in [-0.2, -0.15) is 0 Å². The molecule has 0 atom stereocenters. The predicted octanol–water partition coefficient (Wildman–Crippen LogP) is 5.21. The summed E-state index contributed by atoms with van der Waals surface area (Å²) < 4.78 is 39.8. The van der Waals surface area contributed by atoms with E-state index in [0.717, 1.165) is 10.4 Å². The number of sulfonamides is 1. The van der Waals surface area contributed by atoms with E-state index in [9.17, 15) is 17.6 Å². The van der Waals surface area contributed by atoms with Crippen LogP contribution < -0.4 is 9.62 Å². The highest BCUT2D eigenvalue weighted by Gasteiger charge is 2.21. The Morgan fingerprint density at radius 2 is 1.59 bits per heavy atom. The highest BCUT2D eigenvalue weighted by atomic mass is 35.5. The fourth-order valence-corrected chi connectivity index (χ4v) is 4.01. The Balaban J connectivity index is 1.77. The second-order valence-electron chi connectivity index (χ2n) is 6.06. The van der Waals surface area contributed by atoms with E-state index < -0.39 is 21.7 Å². The summed E-state index contributed by atoms with van der Waals surface area (Å²) >= 11 is 11.5. The van der Waals surface area contributed by atoms with Crippen LogP contribution in [0.2, 0.25) is 10.0 Å². The van der Waals surface area contributed by atoms with E-state index in [1.807, 2.05) is 0 Å². The van der Waals surface area contributed by atoms with E-state index >= 15 is 0 Å². The lowest BCUT2D eigenvalue weighted by atomic mass is 10.2. The molecule has 0 bridgehead atoms. The predicted molar refractivity (Wildman–Crippen MR) is 113 cm³/mol. The van der Waals surface area contributed by atoms with E-state index in [1.54, 1.807) is 0 Å². The Kier molecular flexibility index (Phi) is 6.12. The number of nitrogens with one attached hydrogen (secondary N) is 1. The van der Waals surface area contributed by atoms with Gasteiger partial charge in [0.25, 0.3) is 15.9 Å². The third-order valence-corrected chi connectivity index (χ3v) is 6.48. The molecule has 1 N–H and O–H groups in total. The second kappa shape index (κ2) is 8.41. The van der Waals surface area contributed by atoms with Crippen molar-refractivity contribution >= 4 is 50.5 Å². The van der Waals surface area contributed by atoms with Gasteiger partial charge < -0.3 is 5.32 Å². The molecule has 9 heteroatoms. The Morgan fingerprint density at radius 3 is 2.17 bits per heavy atom. The first-order valence-corrected chi connectivity index (χ1v) is 10.5. The molecule has 3 rings (SSSR count). The topological polar surface area (TPSA) is 66.5 Å². The fraction of sp³-hybridized carbons (Fsp3) is 0.0500. The third kappa shape index (κ3) is 4.70. The zero-order chi connectivity index (χ0) is 21.2. The summed E-state index contributed by atoms with van der Waals surface area (Å²) in [5, 5.41) is 2.93. The summed E-state index contributed by atoms with van der Waals surface area (Å²) in [7, 11) is -2.36. The number of amides is 1. The molecule has 0 saturated carbocycles. The van der Waals surface area contributed by atoms with E-state index in [1.165, 1.54) is 67.7 Å². The van der Waals surface area contributed by atoms with Gasteiger partial charge >= 0.3 is 0 Å². The van der Waals surface area contributed by atoms with Crippen molar-refractivity contribution < 1.29 is 17.6 Å². The van der Waals surface area contributed by atoms with E-state index in [-0.39, 0.29) is 9.92 Å². The zero-order valence-corrected chi connectivity index (χ0v) is 17.4. The quantitative estimate of drug-likeness (QED) is 0.577. The van der Waals surface area contributed by atoms with Gasteiger partial charge in [-0.1, -0.05) is 23.2 Å². The molecule has 0 aliphatic carbocycles. The molecule has 3 aromatic rings. The molecule has 0 unspecified atom stereocenters. The molecular formula is C20H15Cl2FN2O3S. The maximum atomic E-state index is 13.2. The van der Waals surface area contributed by atoms with Gasteiger partial charge in [-0.15, -0.1) is 0 Å². The van der Waals surface area contributed by atoms with Crippen molar-refractivity contribution in [2.75, 3.05) is 16.7 Å². The minimum atomic E-state index is -3.78. The Hall–Kier alpha value is -2.61. The van der Waals surface area contributed by atoms with Crippen LogP contribution in [0.1, 0.15) is 10.4 Å². The molecule has 0 saturated heterocycles. The lowest BCUT2D eigenvalue weighted by Crippen LogP contribution is -2.26. The number of hydrogen-bond acceptors (Lipinski definition) is 3. The number of anilines is 2. The maximum Gasteiger partial charge on any atom is 0.264 e. The lowest BCUT2D eigenvalue weighted by molar-refractivity contribution is 0.102.